The Morgan fingerprint density at radius 1 is 1.29 bits per heavy atom. The lowest BCUT2D eigenvalue weighted by molar-refractivity contribution is 0.0789. The van der Waals surface area contributed by atoms with Crippen LogP contribution in [0.15, 0.2) is 36.4 Å². The summed E-state index contributed by atoms with van der Waals surface area (Å²) in [6, 6.07) is 10.00. The summed E-state index contributed by atoms with van der Waals surface area (Å²) in [6.45, 7) is 0.101. The zero-order valence-electron chi connectivity index (χ0n) is 8.02. The molecule has 1 N–H and O–H groups in total. The maximum atomic E-state index is 9.00. The van der Waals surface area contributed by atoms with Crippen LogP contribution in [0.25, 0.3) is 5.76 Å². The van der Waals surface area contributed by atoms with Gasteiger partial charge in [-0.1, -0.05) is 30.3 Å². The molecule has 0 amide bonds. The Morgan fingerprint density at radius 2 is 2.07 bits per heavy atom. The fraction of sp³-hybridized carbons (Fsp3) is 0.333. The molecule has 1 aliphatic rings. The van der Waals surface area contributed by atoms with E-state index in [0.29, 0.717) is 0 Å². The summed E-state index contributed by atoms with van der Waals surface area (Å²) in [5.41, 5.74) is 1.09. The Labute approximate surface area is 83.8 Å². The first kappa shape index (κ1) is 9.28. The third kappa shape index (κ3) is 1.96. The van der Waals surface area contributed by atoms with Gasteiger partial charge in [-0.15, -0.1) is 0 Å². The molecule has 0 aromatic heterocycles. The first-order valence-electron chi connectivity index (χ1n) is 4.93. The van der Waals surface area contributed by atoms with Gasteiger partial charge in [-0.25, -0.2) is 0 Å². The highest BCUT2D eigenvalue weighted by Crippen LogP contribution is 2.24. The van der Waals surface area contributed by atoms with Gasteiger partial charge in [-0.05, 0) is 18.9 Å². The van der Waals surface area contributed by atoms with Gasteiger partial charge in [0.1, 0.15) is 11.9 Å². The molecular formula is C12H14O2. The van der Waals surface area contributed by atoms with E-state index >= 15 is 0 Å². The molecular weight excluding hydrogens is 176 g/mol. The molecule has 1 aromatic rings. The number of aliphatic hydroxyl groups excluding tert-OH is 1. The molecule has 2 nitrogen and oxygen atoms in total. The molecule has 2 heteroatoms. The molecule has 0 spiro atoms. The van der Waals surface area contributed by atoms with Crippen molar-refractivity contribution in [2.75, 3.05) is 6.61 Å². The molecule has 1 aliphatic heterocycles. The van der Waals surface area contributed by atoms with E-state index in [-0.39, 0.29) is 12.7 Å². The molecule has 0 saturated carbocycles. The average molecular weight is 190 g/mol. The second kappa shape index (κ2) is 4.29. The minimum atomic E-state index is -0.0322. The van der Waals surface area contributed by atoms with Crippen LogP contribution in [0.5, 0.6) is 0 Å². The van der Waals surface area contributed by atoms with Crippen LogP contribution < -0.4 is 0 Å². The van der Waals surface area contributed by atoms with E-state index < -0.39 is 0 Å². The van der Waals surface area contributed by atoms with Crippen molar-refractivity contribution < 1.29 is 9.84 Å². The van der Waals surface area contributed by atoms with Crippen molar-refractivity contribution in [2.45, 2.75) is 18.9 Å². The van der Waals surface area contributed by atoms with Crippen molar-refractivity contribution in [2.24, 2.45) is 0 Å². The number of hydrogen-bond donors (Lipinski definition) is 1. The van der Waals surface area contributed by atoms with Gasteiger partial charge < -0.3 is 9.84 Å². The number of aliphatic hydroxyl groups is 1. The van der Waals surface area contributed by atoms with Gasteiger partial charge in [0, 0.05) is 5.56 Å². The average Bonchev–Trinajstić information content (AvgIpc) is 2.30. The highest BCUT2D eigenvalue weighted by molar-refractivity contribution is 5.60. The molecule has 14 heavy (non-hydrogen) atoms. The van der Waals surface area contributed by atoms with Gasteiger partial charge >= 0.3 is 0 Å². The highest BCUT2D eigenvalue weighted by Gasteiger charge is 2.15. The molecule has 1 heterocycles. The molecule has 0 aliphatic carbocycles. The third-order valence-electron chi connectivity index (χ3n) is 2.37. The molecule has 0 radical (unpaired) electrons. The largest absolute Gasteiger partial charge is 0.488 e. The molecule has 74 valence electrons. The van der Waals surface area contributed by atoms with E-state index in [9.17, 15) is 0 Å². The van der Waals surface area contributed by atoms with E-state index in [4.69, 9.17) is 9.84 Å². The van der Waals surface area contributed by atoms with Crippen LogP contribution in [0.4, 0.5) is 0 Å². The van der Waals surface area contributed by atoms with Crippen molar-refractivity contribution in [1.29, 1.82) is 0 Å². The van der Waals surface area contributed by atoms with Gasteiger partial charge in [-0.2, -0.15) is 0 Å². The van der Waals surface area contributed by atoms with E-state index in [0.717, 1.165) is 24.2 Å². The topological polar surface area (TPSA) is 29.5 Å². The number of allylic oxidation sites excluding steroid dienone is 1. The molecule has 0 fully saturated rings. The summed E-state index contributed by atoms with van der Waals surface area (Å²) in [6.07, 6.45) is 3.94. The van der Waals surface area contributed by atoms with Crippen LogP contribution in [0.1, 0.15) is 18.4 Å². The van der Waals surface area contributed by atoms with E-state index in [1.54, 1.807) is 0 Å². The monoisotopic (exact) mass is 190 g/mol. The minimum Gasteiger partial charge on any atom is -0.488 e. The van der Waals surface area contributed by atoms with Crippen LogP contribution in [-0.2, 0) is 4.74 Å². The van der Waals surface area contributed by atoms with E-state index in [2.05, 4.69) is 6.08 Å². The summed E-state index contributed by atoms with van der Waals surface area (Å²) < 4.78 is 5.63. The number of benzene rings is 1. The zero-order chi connectivity index (χ0) is 9.80. The summed E-state index contributed by atoms with van der Waals surface area (Å²) in [7, 11) is 0. The third-order valence-corrected chi connectivity index (χ3v) is 2.37. The fourth-order valence-corrected chi connectivity index (χ4v) is 1.60. The Hall–Kier alpha value is -1.28. The standard InChI is InChI=1S/C12H14O2/c13-9-11-7-4-8-12(14-11)10-5-2-1-3-6-10/h1-3,5-6,8,11,13H,4,7,9H2. The summed E-state index contributed by atoms with van der Waals surface area (Å²) in [4.78, 5) is 0. The predicted octanol–water partition coefficient (Wildman–Crippen LogP) is 2.20. The maximum absolute atomic E-state index is 9.00. The Kier molecular flexibility index (Phi) is 2.84. The molecule has 1 aromatic carbocycles. The summed E-state index contributed by atoms with van der Waals surface area (Å²) >= 11 is 0. The van der Waals surface area contributed by atoms with Crippen molar-refractivity contribution in [3.8, 4) is 0 Å². The first-order valence-corrected chi connectivity index (χ1v) is 4.93. The normalized spacial score (nSPS) is 21.2. The van der Waals surface area contributed by atoms with Gasteiger partial charge in [0.25, 0.3) is 0 Å². The lowest BCUT2D eigenvalue weighted by Crippen LogP contribution is -2.19. The van der Waals surface area contributed by atoms with E-state index in [1.807, 2.05) is 30.3 Å². The van der Waals surface area contributed by atoms with Crippen LogP contribution in [0, 0.1) is 0 Å². The lowest BCUT2D eigenvalue weighted by atomic mass is 10.1. The van der Waals surface area contributed by atoms with Crippen LogP contribution in [0.2, 0.25) is 0 Å². The second-order valence-corrected chi connectivity index (χ2v) is 3.43. The maximum Gasteiger partial charge on any atom is 0.123 e. The van der Waals surface area contributed by atoms with Crippen molar-refractivity contribution in [3.63, 3.8) is 0 Å². The molecule has 1 atom stereocenters. The van der Waals surface area contributed by atoms with Gasteiger partial charge in [0.15, 0.2) is 0 Å². The van der Waals surface area contributed by atoms with E-state index in [1.165, 1.54) is 0 Å². The number of ether oxygens (including phenoxy) is 1. The number of hydrogen-bond acceptors (Lipinski definition) is 2. The van der Waals surface area contributed by atoms with Crippen LogP contribution in [0.3, 0.4) is 0 Å². The smallest absolute Gasteiger partial charge is 0.123 e. The summed E-state index contributed by atoms with van der Waals surface area (Å²) in [5.74, 6) is 0.899. The van der Waals surface area contributed by atoms with Gasteiger partial charge in [0.05, 0.1) is 6.61 Å². The van der Waals surface area contributed by atoms with Gasteiger partial charge in [-0.3, -0.25) is 0 Å². The quantitative estimate of drug-likeness (QED) is 0.774. The zero-order valence-corrected chi connectivity index (χ0v) is 8.02. The van der Waals surface area contributed by atoms with Crippen LogP contribution in [-0.4, -0.2) is 17.8 Å². The molecule has 2 rings (SSSR count). The van der Waals surface area contributed by atoms with Crippen molar-refractivity contribution in [3.05, 3.63) is 42.0 Å². The first-order chi connectivity index (χ1) is 6.90. The van der Waals surface area contributed by atoms with Crippen molar-refractivity contribution >= 4 is 5.76 Å². The SMILES string of the molecule is OCC1CCC=C(c2ccccc2)O1. The predicted molar refractivity (Wildman–Crippen MR) is 55.6 cm³/mol. The molecule has 0 saturated heterocycles. The number of rotatable bonds is 2. The Morgan fingerprint density at radius 3 is 2.79 bits per heavy atom. The van der Waals surface area contributed by atoms with Crippen LogP contribution >= 0.6 is 0 Å². The summed E-state index contributed by atoms with van der Waals surface area (Å²) in [5, 5.41) is 9.00. The lowest BCUT2D eigenvalue weighted by Gasteiger charge is -2.23. The molecule has 0 bridgehead atoms. The minimum absolute atomic E-state index is 0.0322. The Balaban J connectivity index is 2.16. The van der Waals surface area contributed by atoms with Crippen molar-refractivity contribution in [1.82, 2.24) is 0 Å². The second-order valence-electron chi connectivity index (χ2n) is 3.43. The fourth-order valence-electron chi connectivity index (χ4n) is 1.60. The highest BCUT2D eigenvalue weighted by atomic mass is 16.5. The van der Waals surface area contributed by atoms with Gasteiger partial charge in [0.2, 0.25) is 0 Å². The Bertz CT molecular complexity index is 316. The molecule has 1 unspecified atom stereocenters.